The molecule has 0 amide bonds. The number of hydrogen-bond donors (Lipinski definition) is 1. The molecule has 0 unspecified atom stereocenters. The molecule has 4 nitrogen and oxygen atoms in total. The highest BCUT2D eigenvalue weighted by Crippen LogP contribution is 2.38. The Bertz CT molecular complexity index is 402. The second kappa shape index (κ2) is 7.69. The van der Waals surface area contributed by atoms with Gasteiger partial charge in [0, 0.05) is 12.6 Å². The minimum absolute atomic E-state index is 0.476. The average molecular weight is 265 g/mol. The third kappa shape index (κ3) is 4.48. The Hall–Kier alpha value is -1.68. The van der Waals surface area contributed by atoms with Crippen LogP contribution in [-0.2, 0) is 0 Å². The summed E-state index contributed by atoms with van der Waals surface area (Å²) in [6, 6.07) is 4.32. The largest absolute Gasteiger partial charge is 0.493 e. The average Bonchev–Trinajstić information content (AvgIpc) is 2.42. The zero-order valence-corrected chi connectivity index (χ0v) is 12.3. The fraction of sp³-hybridized carbons (Fsp3) is 0.467. The second-order valence-electron chi connectivity index (χ2n) is 4.42. The molecule has 0 fully saturated rings. The van der Waals surface area contributed by atoms with E-state index in [-0.39, 0.29) is 0 Å². The summed E-state index contributed by atoms with van der Waals surface area (Å²) in [7, 11) is 4.83. The molecule has 4 heteroatoms. The zero-order valence-electron chi connectivity index (χ0n) is 12.3. The van der Waals surface area contributed by atoms with E-state index in [0.717, 1.165) is 12.1 Å². The van der Waals surface area contributed by atoms with Gasteiger partial charge in [-0.3, -0.25) is 0 Å². The van der Waals surface area contributed by atoms with Crippen molar-refractivity contribution in [2.24, 2.45) is 0 Å². The number of hydrogen-bond acceptors (Lipinski definition) is 4. The summed E-state index contributed by atoms with van der Waals surface area (Å²) in [6.45, 7) is 5.06. The van der Waals surface area contributed by atoms with Crippen LogP contribution in [0.15, 0.2) is 18.2 Å². The first kappa shape index (κ1) is 15.4. The van der Waals surface area contributed by atoms with E-state index in [2.05, 4.69) is 25.2 Å². The summed E-state index contributed by atoms with van der Waals surface area (Å²) in [5.41, 5.74) is 1.01. The molecule has 0 spiro atoms. The standard InChI is InChI=1S/C15H23NO3/c1-11(2)16-8-6-7-12-9-13(17-3)15(19-5)14(10-12)18-4/h6-7,9-11,16H,8H2,1-5H3. The van der Waals surface area contributed by atoms with E-state index in [1.807, 2.05) is 18.2 Å². The molecule has 0 heterocycles. The van der Waals surface area contributed by atoms with Crippen molar-refractivity contribution in [1.82, 2.24) is 5.32 Å². The number of benzene rings is 1. The van der Waals surface area contributed by atoms with Gasteiger partial charge in [0.05, 0.1) is 21.3 Å². The molecule has 1 N–H and O–H groups in total. The number of methoxy groups -OCH3 is 3. The minimum Gasteiger partial charge on any atom is -0.493 e. The van der Waals surface area contributed by atoms with Crippen LogP contribution in [0.4, 0.5) is 0 Å². The van der Waals surface area contributed by atoms with Crippen LogP contribution in [0.1, 0.15) is 19.4 Å². The van der Waals surface area contributed by atoms with Crippen molar-refractivity contribution in [3.05, 3.63) is 23.8 Å². The maximum atomic E-state index is 5.31. The van der Waals surface area contributed by atoms with E-state index in [9.17, 15) is 0 Å². The first-order chi connectivity index (χ1) is 9.12. The molecule has 19 heavy (non-hydrogen) atoms. The van der Waals surface area contributed by atoms with Crippen LogP contribution in [0.25, 0.3) is 6.08 Å². The topological polar surface area (TPSA) is 39.7 Å². The van der Waals surface area contributed by atoms with Crippen molar-refractivity contribution in [3.8, 4) is 17.2 Å². The van der Waals surface area contributed by atoms with Gasteiger partial charge in [0.1, 0.15) is 0 Å². The van der Waals surface area contributed by atoms with Crippen molar-refractivity contribution in [3.63, 3.8) is 0 Å². The van der Waals surface area contributed by atoms with E-state index >= 15 is 0 Å². The van der Waals surface area contributed by atoms with E-state index in [4.69, 9.17) is 14.2 Å². The highest BCUT2D eigenvalue weighted by molar-refractivity contribution is 5.62. The van der Waals surface area contributed by atoms with E-state index in [1.54, 1.807) is 21.3 Å². The zero-order chi connectivity index (χ0) is 14.3. The summed E-state index contributed by atoms with van der Waals surface area (Å²) >= 11 is 0. The first-order valence-corrected chi connectivity index (χ1v) is 6.32. The third-order valence-electron chi connectivity index (χ3n) is 2.64. The van der Waals surface area contributed by atoms with Crippen LogP contribution in [-0.4, -0.2) is 33.9 Å². The summed E-state index contributed by atoms with van der Waals surface area (Å²) in [4.78, 5) is 0. The van der Waals surface area contributed by atoms with Crippen LogP contribution >= 0.6 is 0 Å². The molecular formula is C15H23NO3. The van der Waals surface area contributed by atoms with Crippen LogP contribution in [0.2, 0.25) is 0 Å². The highest BCUT2D eigenvalue weighted by atomic mass is 16.5. The Labute approximate surface area is 115 Å². The Balaban J connectivity index is 2.90. The van der Waals surface area contributed by atoms with Gasteiger partial charge in [0.25, 0.3) is 0 Å². The molecular weight excluding hydrogens is 242 g/mol. The molecule has 0 atom stereocenters. The lowest BCUT2D eigenvalue weighted by Crippen LogP contribution is -2.22. The van der Waals surface area contributed by atoms with E-state index < -0.39 is 0 Å². The van der Waals surface area contributed by atoms with Crippen LogP contribution in [0, 0.1) is 0 Å². The van der Waals surface area contributed by atoms with Crippen LogP contribution < -0.4 is 19.5 Å². The molecule has 1 aromatic rings. The van der Waals surface area contributed by atoms with Gasteiger partial charge in [-0.05, 0) is 17.7 Å². The molecule has 0 aliphatic heterocycles. The van der Waals surface area contributed by atoms with Crippen molar-refractivity contribution in [2.45, 2.75) is 19.9 Å². The molecule has 0 aromatic heterocycles. The number of rotatable bonds is 7. The smallest absolute Gasteiger partial charge is 0.203 e. The normalized spacial score (nSPS) is 11.1. The van der Waals surface area contributed by atoms with Crippen LogP contribution in [0.3, 0.4) is 0 Å². The molecule has 0 aliphatic carbocycles. The minimum atomic E-state index is 0.476. The van der Waals surface area contributed by atoms with E-state index in [1.165, 1.54) is 0 Å². The Morgan fingerprint density at radius 2 is 1.63 bits per heavy atom. The van der Waals surface area contributed by atoms with Crippen LogP contribution in [0.5, 0.6) is 17.2 Å². The summed E-state index contributed by atoms with van der Waals surface area (Å²) < 4.78 is 15.9. The van der Waals surface area contributed by atoms with Gasteiger partial charge < -0.3 is 19.5 Å². The van der Waals surface area contributed by atoms with Gasteiger partial charge in [-0.1, -0.05) is 26.0 Å². The maximum absolute atomic E-state index is 5.31. The molecule has 106 valence electrons. The molecule has 0 radical (unpaired) electrons. The summed E-state index contributed by atoms with van der Waals surface area (Å²) in [5, 5.41) is 3.32. The van der Waals surface area contributed by atoms with Gasteiger partial charge in [-0.2, -0.15) is 0 Å². The second-order valence-corrected chi connectivity index (χ2v) is 4.42. The fourth-order valence-corrected chi connectivity index (χ4v) is 1.70. The van der Waals surface area contributed by atoms with E-state index in [0.29, 0.717) is 23.3 Å². The van der Waals surface area contributed by atoms with Gasteiger partial charge >= 0.3 is 0 Å². The quantitative estimate of drug-likeness (QED) is 0.823. The molecule has 0 saturated heterocycles. The molecule has 0 aliphatic rings. The number of ether oxygens (including phenoxy) is 3. The lowest BCUT2D eigenvalue weighted by Gasteiger charge is -2.12. The molecule has 0 saturated carbocycles. The Morgan fingerprint density at radius 1 is 1.05 bits per heavy atom. The monoisotopic (exact) mass is 265 g/mol. The third-order valence-corrected chi connectivity index (χ3v) is 2.64. The molecule has 1 rings (SSSR count). The van der Waals surface area contributed by atoms with Crippen molar-refractivity contribution >= 4 is 6.08 Å². The van der Waals surface area contributed by atoms with Crippen molar-refractivity contribution in [1.29, 1.82) is 0 Å². The molecule has 0 bridgehead atoms. The van der Waals surface area contributed by atoms with Crippen molar-refractivity contribution < 1.29 is 14.2 Å². The first-order valence-electron chi connectivity index (χ1n) is 6.32. The lowest BCUT2D eigenvalue weighted by molar-refractivity contribution is 0.324. The fourth-order valence-electron chi connectivity index (χ4n) is 1.70. The van der Waals surface area contributed by atoms with Crippen molar-refractivity contribution in [2.75, 3.05) is 27.9 Å². The van der Waals surface area contributed by atoms with Gasteiger partial charge in [0.15, 0.2) is 11.5 Å². The predicted molar refractivity (Wildman–Crippen MR) is 78.3 cm³/mol. The Morgan fingerprint density at radius 3 is 2.05 bits per heavy atom. The summed E-state index contributed by atoms with van der Waals surface area (Å²) in [5.74, 6) is 1.94. The maximum Gasteiger partial charge on any atom is 0.203 e. The Kier molecular flexibility index (Phi) is 6.22. The lowest BCUT2D eigenvalue weighted by atomic mass is 10.1. The predicted octanol–water partition coefficient (Wildman–Crippen LogP) is 2.72. The molecule has 1 aromatic carbocycles. The van der Waals surface area contributed by atoms with Gasteiger partial charge in [0.2, 0.25) is 5.75 Å². The number of nitrogens with one attached hydrogen (secondary N) is 1. The van der Waals surface area contributed by atoms with Gasteiger partial charge in [-0.25, -0.2) is 0 Å². The van der Waals surface area contributed by atoms with Gasteiger partial charge in [-0.15, -0.1) is 0 Å². The summed E-state index contributed by atoms with van der Waals surface area (Å²) in [6.07, 6.45) is 4.10. The highest BCUT2D eigenvalue weighted by Gasteiger charge is 2.11. The SMILES string of the molecule is COc1cc(C=CCNC(C)C)cc(OC)c1OC.